The summed E-state index contributed by atoms with van der Waals surface area (Å²) in [5.41, 5.74) is 4.54. The number of amides is 1. The molecule has 0 aromatic heterocycles. The lowest BCUT2D eigenvalue weighted by Gasteiger charge is -2.38. The molecule has 1 heterocycles. The maximum atomic E-state index is 13.5. The van der Waals surface area contributed by atoms with E-state index in [1.165, 1.54) is 0 Å². The van der Waals surface area contributed by atoms with E-state index in [1.54, 1.807) is 12.0 Å². The van der Waals surface area contributed by atoms with Gasteiger partial charge in [0.1, 0.15) is 0 Å². The minimum Gasteiger partial charge on any atom is -0.493 e. The molecule has 172 valence electrons. The van der Waals surface area contributed by atoms with Crippen LogP contribution in [0.4, 0.5) is 5.69 Å². The van der Waals surface area contributed by atoms with Crippen molar-refractivity contribution in [1.82, 2.24) is 0 Å². The molecule has 3 aromatic rings. The fourth-order valence-corrected chi connectivity index (χ4v) is 4.61. The van der Waals surface area contributed by atoms with Crippen LogP contribution in [-0.2, 0) is 11.2 Å². The Balaban J connectivity index is 1.93. The Morgan fingerprint density at radius 3 is 2.42 bits per heavy atom. The van der Waals surface area contributed by atoms with E-state index >= 15 is 0 Å². The first-order chi connectivity index (χ1) is 15.8. The van der Waals surface area contributed by atoms with Crippen LogP contribution < -0.4 is 14.4 Å². The van der Waals surface area contributed by atoms with Gasteiger partial charge in [0.15, 0.2) is 11.5 Å². The number of carbonyl (C=O) groups excluding carboxylic acids is 1. The van der Waals surface area contributed by atoms with Crippen molar-refractivity contribution in [3.05, 3.63) is 86.9 Å². The van der Waals surface area contributed by atoms with E-state index in [0.717, 1.165) is 28.7 Å². The third kappa shape index (κ3) is 4.68. The monoisotopic (exact) mass is 483 g/mol. The van der Waals surface area contributed by atoms with Gasteiger partial charge in [-0.3, -0.25) is 9.69 Å². The number of hydrogen-bond acceptors (Lipinski definition) is 3. The van der Waals surface area contributed by atoms with Gasteiger partial charge in [0.25, 0.3) is 0 Å². The van der Waals surface area contributed by atoms with E-state index in [-0.39, 0.29) is 24.5 Å². The second kappa shape index (κ2) is 9.66. The van der Waals surface area contributed by atoms with Gasteiger partial charge in [-0.1, -0.05) is 48.3 Å². The van der Waals surface area contributed by atoms with Gasteiger partial charge in [-0.05, 0) is 78.9 Å². The normalized spacial score (nSPS) is 16.4. The number of aryl methyl sites for hydroxylation is 1. The molecule has 0 bridgehead atoms. The van der Waals surface area contributed by atoms with Crippen molar-refractivity contribution >= 4 is 34.8 Å². The van der Waals surface area contributed by atoms with Gasteiger partial charge >= 0.3 is 0 Å². The molecule has 2 atom stereocenters. The molecule has 0 spiro atoms. The van der Waals surface area contributed by atoms with Crippen molar-refractivity contribution in [2.24, 2.45) is 0 Å². The average Bonchev–Trinajstić information content (AvgIpc) is 2.79. The van der Waals surface area contributed by atoms with Gasteiger partial charge in [-0.25, -0.2) is 0 Å². The minimum atomic E-state index is -0.385. The fraction of sp³-hybridized carbons (Fsp3) is 0.296. The van der Waals surface area contributed by atoms with Crippen LogP contribution in [0.1, 0.15) is 48.6 Å². The Morgan fingerprint density at radius 1 is 1.06 bits per heavy atom. The second-order valence-electron chi connectivity index (χ2n) is 8.39. The SMILES string of the molecule is CCC(C)Oc1cc2c(cc1OC)CC(=O)N(c1ccc(C)cc1Cl)C2c1ccc(Cl)cc1. The summed E-state index contributed by atoms with van der Waals surface area (Å²) in [6.45, 7) is 6.08. The molecule has 0 radical (unpaired) electrons. The van der Waals surface area contributed by atoms with Gasteiger partial charge in [0.05, 0.1) is 36.4 Å². The van der Waals surface area contributed by atoms with Gasteiger partial charge in [-0.2, -0.15) is 0 Å². The zero-order chi connectivity index (χ0) is 23.7. The largest absolute Gasteiger partial charge is 0.493 e. The molecule has 6 heteroatoms. The van der Waals surface area contributed by atoms with Crippen LogP contribution >= 0.6 is 23.2 Å². The molecule has 0 N–H and O–H groups in total. The van der Waals surface area contributed by atoms with Crippen LogP contribution in [0.2, 0.25) is 10.0 Å². The highest BCUT2D eigenvalue weighted by molar-refractivity contribution is 6.34. The summed E-state index contributed by atoms with van der Waals surface area (Å²) in [6, 6.07) is 16.9. The maximum absolute atomic E-state index is 13.5. The number of ether oxygens (including phenoxy) is 2. The molecule has 1 aliphatic heterocycles. The Kier molecular flexibility index (Phi) is 6.87. The number of benzene rings is 3. The number of halogens is 2. The molecule has 0 saturated carbocycles. The number of anilines is 1. The molecular formula is C27H27Cl2NO3. The summed E-state index contributed by atoms with van der Waals surface area (Å²) in [5, 5.41) is 1.17. The molecule has 1 amide bonds. The number of rotatable bonds is 6. The molecule has 33 heavy (non-hydrogen) atoms. The van der Waals surface area contributed by atoms with Crippen LogP contribution in [-0.4, -0.2) is 19.1 Å². The van der Waals surface area contributed by atoms with E-state index in [9.17, 15) is 4.79 Å². The van der Waals surface area contributed by atoms with E-state index in [4.69, 9.17) is 32.7 Å². The zero-order valence-corrected chi connectivity index (χ0v) is 20.7. The van der Waals surface area contributed by atoms with Crippen molar-refractivity contribution in [3.8, 4) is 11.5 Å². The van der Waals surface area contributed by atoms with Crippen LogP contribution in [0.15, 0.2) is 54.6 Å². The molecule has 4 rings (SSSR count). The standard InChI is InChI=1S/C27H27Cl2NO3/c1-5-17(3)33-25-15-21-19(13-24(25)32-4)14-26(31)30(23-11-6-16(2)12-22(23)29)27(21)18-7-9-20(28)10-8-18/h6-13,15,17,27H,5,14H2,1-4H3. The minimum absolute atomic E-state index is 0.0267. The summed E-state index contributed by atoms with van der Waals surface area (Å²) >= 11 is 12.8. The summed E-state index contributed by atoms with van der Waals surface area (Å²) in [6.07, 6.45) is 1.13. The first-order valence-electron chi connectivity index (χ1n) is 11.0. The smallest absolute Gasteiger partial charge is 0.232 e. The predicted octanol–water partition coefficient (Wildman–Crippen LogP) is 7.17. The Bertz CT molecular complexity index is 1180. The summed E-state index contributed by atoms with van der Waals surface area (Å²) in [4.78, 5) is 15.3. The van der Waals surface area contributed by atoms with Crippen molar-refractivity contribution in [2.45, 2.75) is 45.8 Å². The lowest BCUT2D eigenvalue weighted by Crippen LogP contribution is -2.41. The Labute approximate surface area is 205 Å². The van der Waals surface area contributed by atoms with Crippen LogP contribution in [0.3, 0.4) is 0 Å². The number of hydrogen-bond donors (Lipinski definition) is 0. The molecule has 0 saturated heterocycles. The lowest BCUT2D eigenvalue weighted by atomic mass is 9.86. The van der Waals surface area contributed by atoms with Crippen molar-refractivity contribution in [2.75, 3.05) is 12.0 Å². The first-order valence-corrected chi connectivity index (χ1v) is 11.8. The van der Waals surface area contributed by atoms with Crippen LogP contribution in [0, 0.1) is 6.92 Å². The fourth-order valence-electron chi connectivity index (χ4n) is 4.16. The van der Waals surface area contributed by atoms with E-state index < -0.39 is 0 Å². The third-order valence-electron chi connectivity index (χ3n) is 6.04. The molecule has 2 unspecified atom stereocenters. The van der Waals surface area contributed by atoms with Crippen molar-refractivity contribution in [3.63, 3.8) is 0 Å². The summed E-state index contributed by atoms with van der Waals surface area (Å²) < 4.78 is 11.8. The van der Waals surface area contributed by atoms with E-state index in [0.29, 0.717) is 27.2 Å². The predicted molar refractivity (Wildman–Crippen MR) is 134 cm³/mol. The molecule has 3 aromatic carbocycles. The number of methoxy groups -OCH3 is 1. The third-order valence-corrected chi connectivity index (χ3v) is 6.59. The maximum Gasteiger partial charge on any atom is 0.232 e. The van der Waals surface area contributed by atoms with Crippen molar-refractivity contribution < 1.29 is 14.3 Å². The highest BCUT2D eigenvalue weighted by Crippen LogP contribution is 2.45. The molecule has 0 aliphatic carbocycles. The van der Waals surface area contributed by atoms with Crippen LogP contribution in [0.25, 0.3) is 0 Å². The number of carbonyl (C=O) groups is 1. The van der Waals surface area contributed by atoms with Crippen molar-refractivity contribution in [1.29, 1.82) is 0 Å². The Morgan fingerprint density at radius 2 is 1.79 bits per heavy atom. The molecule has 0 fully saturated rings. The lowest BCUT2D eigenvalue weighted by molar-refractivity contribution is -0.118. The van der Waals surface area contributed by atoms with Gasteiger partial charge in [-0.15, -0.1) is 0 Å². The highest BCUT2D eigenvalue weighted by Gasteiger charge is 2.37. The number of fused-ring (bicyclic) bond motifs is 1. The Hall–Kier alpha value is -2.69. The van der Waals surface area contributed by atoms with Gasteiger partial charge < -0.3 is 9.47 Å². The van der Waals surface area contributed by atoms with E-state index in [2.05, 4.69) is 6.92 Å². The zero-order valence-electron chi connectivity index (χ0n) is 19.2. The molecule has 1 aliphatic rings. The molecular weight excluding hydrogens is 457 g/mol. The summed E-state index contributed by atoms with van der Waals surface area (Å²) in [7, 11) is 1.62. The first kappa shape index (κ1) is 23.5. The topological polar surface area (TPSA) is 38.8 Å². The average molecular weight is 484 g/mol. The van der Waals surface area contributed by atoms with Gasteiger partial charge in [0.2, 0.25) is 5.91 Å². The number of nitrogens with zero attached hydrogens (tertiary/aromatic N) is 1. The molecule has 4 nitrogen and oxygen atoms in total. The highest BCUT2D eigenvalue weighted by atomic mass is 35.5. The quantitative estimate of drug-likeness (QED) is 0.373. The summed E-state index contributed by atoms with van der Waals surface area (Å²) in [5.74, 6) is 1.25. The second-order valence-corrected chi connectivity index (χ2v) is 9.23. The van der Waals surface area contributed by atoms with Gasteiger partial charge in [0, 0.05) is 5.02 Å². The van der Waals surface area contributed by atoms with E-state index in [1.807, 2.05) is 68.4 Å². The van der Waals surface area contributed by atoms with Crippen LogP contribution in [0.5, 0.6) is 11.5 Å².